The Morgan fingerprint density at radius 2 is 2.45 bits per heavy atom. The van der Waals surface area contributed by atoms with E-state index in [0.29, 0.717) is 0 Å². The third-order valence-corrected chi connectivity index (χ3v) is 3.98. The summed E-state index contributed by atoms with van der Waals surface area (Å²) < 4.78 is 3.42. The van der Waals surface area contributed by atoms with E-state index in [1.807, 2.05) is 14.0 Å². The first-order chi connectivity index (χ1) is 5.25. The fraction of sp³-hybridized carbons (Fsp3) is 0.625. The zero-order valence-corrected chi connectivity index (χ0v) is 9.00. The number of aliphatic hydroxyl groups excluding tert-OH is 1. The van der Waals surface area contributed by atoms with Crippen LogP contribution in [0.15, 0.2) is 11.6 Å². The molecule has 0 aromatic heterocycles. The van der Waals surface area contributed by atoms with E-state index >= 15 is 0 Å². The summed E-state index contributed by atoms with van der Waals surface area (Å²) in [4.78, 5) is 0. The second kappa shape index (κ2) is 4.33. The van der Waals surface area contributed by atoms with Crippen molar-refractivity contribution in [2.75, 3.05) is 11.5 Å². The molecule has 64 valence electrons. The molecule has 1 rings (SSSR count). The van der Waals surface area contributed by atoms with Crippen LogP contribution in [0.3, 0.4) is 0 Å². The van der Waals surface area contributed by atoms with Crippen LogP contribution in [0.5, 0.6) is 0 Å². The molecule has 0 aromatic carbocycles. The van der Waals surface area contributed by atoms with Crippen molar-refractivity contribution >= 4 is 24.7 Å². The summed E-state index contributed by atoms with van der Waals surface area (Å²) in [6.45, 7) is 2.00. The predicted octanol–water partition coefficient (Wildman–Crippen LogP) is 0.668. The lowest BCUT2D eigenvalue weighted by Gasteiger charge is -2.17. The van der Waals surface area contributed by atoms with Gasteiger partial charge in [-0.05, 0) is 23.6 Å². The monoisotopic (exact) mass is 267 g/mol. The van der Waals surface area contributed by atoms with E-state index in [-0.39, 0.29) is 32.9 Å². The lowest BCUT2D eigenvalue weighted by Crippen LogP contribution is -2.36. The average molecular weight is 267 g/mol. The number of rotatable bonds is 3. The van der Waals surface area contributed by atoms with Crippen molar-refractivity contribution in [3.05, 3.63) is 11.6 Å². The summed E-state index contributed by atoms with van der Waals surface area (Å²) in [5.41, 5.74) is 1.14. The highest BCUT2D eigenvalue weighted by atomic mass is 127. The van der Waals surface area contributed by atoms with E-state index in [1.54, 1.807) is 0 Å². The molecule has 0 aromatic rings. The molecule has 1 heterocycles. The molecule has 0 saturated carbocycles. The number of allylic oxidation sites excluding steroid dienone is 1. The van der Waals surface area contributed by atoms with Crippen molar-refractivity contribution in [1.29, 1.82) is 0 Å². The first-order valence-corrected chi connectivity index (χ1v) is 6.49. The van der Waals surface area contributed by atoms with Gasteiger partial charge in [0.1, 0.15) is 0 Å². The van der Waals surface area contributed by atoms with E-state index < -0.39 is 0 Å². The van der Waals surface area contributed by atoms with Gasteiger partial charge >= 0.3 is 0 Å². The molecule has 0 amide bonds. The second-order valence-electron chi connectivity index (χ2n) is 2.64. The largest absolute Gasteiger partial charge is 0.387 e. The minimum atomic E-state index is -0.304. The normalized spacial score (nSPS) is 22.3. The SMILES string of the molecule is CN[C@H](C)[C@@H](O)C1=CCI=C1. The van der Waals surface area contributed by atoms with Crippen LogP contribution in [0, 0.1) is 0 Å². The van der Waals surface area contributed by atoms with Gasteiger partial charge in [0.05, 0.1) is 6.10 Å². The van der Waals surface area contributed by atoms with E-state index in [2.05, 4.69) is 15.4 Å². The second-order valence-corrected chi connectivity index (χ2v) is 5.03. The van der Waals surface area contributed by atoms with Crippen molar-refractivity contribution in [2.24, 2.45) is 0 Å². The standard InChI is InChI=1S/C8H14INO/c1-6(10-2)8(11)7-3-4-9-5-7/h3,5-6,8,10-11H,4H2,1-2H3/t6-,8-/m1/s1. The molecule has 0 aliphatic carbocycles. The zero-order valence-electron chi connectivity index (χ0n) is 6.84. The predicted molar refractivity (Wildman–Crippen MR) is 57.6 cm³/mol. The lowest BCUT2D eigenvalue weighted by atomic mass is 10.1. The Labute approximate surface area is 77.4 Å². The number of nitrogens with one attached hydrogen (secondary N) is 1. The van der Waals surface area contributed by atoms with Gasteiger partial charge in [-0.3, -0.25) is 0 Å². The van der Waals surface area contributed by atoms with Crippen molar-refractivity contribution in [1.82, 2.24) is 5.32 Å². The van der Waals surface area contributed by atoms with Crippen molar-refractivity contribution < 1.29 is 5.11 Å². The van der Waals surface area contributed by atoms with Crippen LogP contribution in [0.25, 0.3) is 0 Å². The Bertz CT molecular complexity index is 189. The van der Waals surface area contributed by atoms with Gasteiger partial charge in [-0.2, -0.15) is 0 Å². The Morgan fingerprint density at radius 3 is 2.91 bits per heavy atom. The molecule has 2 nitrogen and oxygen atoms in total. The summed E-state index contributed by atoms with van der Waals surface area (Å²) in [5, 5.41) is 12.7. The van der Waals surface area contributed by atoms with Gasteiger partial charge in [-0.25, -0.2) is 0 Å². The molecule has 1 aliphatic rings. The first kappa shape index (κ1) is 9.35. The molecule has 2 N–H and O–H groups in total. The molecular weight excluding hydrogens is 253 g/mol. The highest BCUT2D eigenvalue weighted by Crippen LogP contribution is 2.15. The van der Waals surface area contributed by atoms with Crippen LogP contribution in [0.2, 0.25) is 0 Å². The number of hydrogen-bond donors (Lipinski definition) is 2. The Kier molecular flexibility index (Phi) is 3.68. The van der Waals surface area contributed by atoms with Gasteiger partial charge in [-0.15, -0.1) is 20.7 Å². The van der Waals surface area contributed by atoms with E-state index in [1.165, 1.54) is 4.43 Å². The topological polar surface area (TPSA) is 32.3 Å². The Morgan fingerprint density at radius 1 is 1.73 bits per heavy atom. The number of likely N-dealkylation sites (N-methyl/N-ethyl adjacent to an activating group) is 1. The van der Waals surface area contributed by atoms with Gasteiger partial charge in [-0.1, -0.05) is 6.08 Å². The molecule has 0 bridgehead atoms. The lowest BCUT2D eigenvalue weighted by molar-refractivity contribution is 0.179. The van der Waals surface area contributed by atoms with Gasteiger partial charge < -0.3 is 10.4 Å². The highest BCUT2D eigenvalue weighted by Gasteiger charge is 2.16. The average Bonchev–Trinajstić information content (AvgIpc) is 2.53. The zero-order chi connectivity index (χ0) is 8.27. The highest BCUT2D eigenvalue weighted by molar-refractivity contribution is 14.2. The minimum absolute atomic E-state index is 0.166. The van der Waals surface area contributed by atoms with Crippen LogP contribution in [0.1, 0.15) is 6.92 Å². The molecule has 0 saturated heterocycles. The van der Waals surface area contributed by atoms with Crippen LogP contribution in [-0.2, 0) is 0 Å². The van der Waals surface area contributed by atoms with Crippen molar-refractivity contribution in [3.8, 4) is 0 Å². The first-order valence-electron chi connectivity index (χ1n) is 3.72. The Balaban J connectivity index is 2.53. The summed E-state index contributed by atoms with van der Waals surface area (Å²) in [7, 11) is 1.87. The maximum atomic E-state index is 9.67. The summed E-state index contributed by atoms with van der Waals surface area (Å²) in [5.74, 6) is 0. The quantitative estimate of drug-likeness (QED) is 0.582. The fourth-order valence-electron chi connectivity index (χ4n) is 0.944. The number of aliphatic hydroxyl groups is 1. The van der Waals surface area contributed by atoms with Crippen LogP contribution in [-0.4, -0.2) is 32.7 Å². The molecule has 11 heavy (non-hydrogen) atoms. The molecule has 0 radical (unpaired) electrons. The number of halogens is 1. The maximum Gasteiger partial charge on any atom is 0.0941 e. The summed E-state index contributed by atoms with van der Waals surface area (Å²) in [6, 6.07) is 0.166. The van der Waals surface area contributed by atoms with E-state index in [9.17, 15) is 5.11 Å². The molecule has 3 heteroatoms. The number of hydrogen-bond acceptors (Lipinski definition) is 2. The maximum absolute atomic E-state index is 9.67. The molecule has 2 atom stereocenters. The van der Waals surface area contributed by atoms with Gasteiger partial charge in [0.2, 0.25) is 0 Å². The van der Waals surface area contributed by atoms with Crippen LogP contribution in [0.4, 0.5) is 0 Å². The molecule has 0 unspecified atom stereocenters. The number of alkyl halides is 1. The van der Waals surface area contributed by atoms with Crippen LogP contribution >= 0.6 is 20.7 Å². The van der Waals surface area contributed by atoms with Gasteiger partial charge in [0, 0.05) is 10.5 Å². The Hall–Kier alpha value is 0.260. The van der Waals surface area contributed by atoms with Gasteiger partial charge in [0.25, 0.3) is 0 Å². The van der Waals surface area contributed by atoms with Crippen molar-refractivity contribution in [3.63, 3.8) is 0 Å². The van der Waals surface area contributed by atoms with Crippen LogP contribution < -0.4 is 5.32 Å². The van der Waals surface area contributed by atoms with E-state index in [0.717, 1.165) is 5.57 Å². The third kappa shape index (κ3) is 2.35. The molecule has 0 fully saturated rings. The minimum Gasteiger partial charge on any atom is -0.387 e. The smallest absolute Gasteiger partial charge is 0.0941 e. The van der Waals surface area contributed by atoms with E-state index in [4.69, 9.17) is 0 Å². The summed E-state index contributed by atoms with van der Waals surface area (Å²) in [6.07, 6.45) is 1.85. The molecule has 1 aliphatic heterocycles. The molecule has 0 spiro atoms. The fourth-order valence-corrected chi connectivity index (χ4v) is 3.09. The third-order valence-electron chi connectivity index (χ3n) is 1.88. The molecular formula is C8H14INO. The van der Waals surface area contributed by atoms with Crippen molar-refractivity contribution in [2.45, 2.75) is 19.1 Å². The van der Waals surface area contributed by atoms with Gasteiger partial charge in [0.15, 0.2) is 0 Å². The summed E-state index contributed by atoms with van der Waals surface area (Å²) >= 11 is 0.232.